The molecule has 0 aromatic carbocycles. The Balaban J connectivity index is 2.09. The van der Waals surface area contributed by atoms with Crippen LogP contribution in [0.5, 0.6) is 0 Å². The van der Waals surface area contributed by atoms with Gasteiger partial charge in [-0.05, 0) is 40.8 Å². The van der Waals surface area contributed by atoms with Gasteiger partial charge in [-0.1, -0.05) is 0 Å². The van der Waals surface area contributed by atoms with Crippen LogP contribution < -0.4 is 0 Å². The molecule has 0 spiro atoms. The Morgan fingerprint density at radius 1 is 1.26 bits per heavy atom. The highest BCUT2D eigenvalue weighted by molar-refractivity contribution is 14.1. The monoisotopic (exact) mass is 372 g/mol. The lowest BCUT2D eigenvalue weighted by atomic mass is 10.3. The molecule has 3 aromatic heterocycles. The van der Waals surface area contributed by atoms with Gasteiger partial charge in [0.1, 0.15) is 15.3 Å². The average Bonchev–Trinajstić information content (AvgIpc) is 2.69. The van der Waals surface area contributed by atoms with Crippen molar-refractivity contribution in [3.05, 3.63) is 51.6 Å². The fraction of sp³-hybridized carbons (Fsp3) is 0.0833. The lowest BCUT2D eigenvalue weighted by Gasteiger charge is -2.03. The van der Waals surface area contributed by atoms with Gasteiger partial charge in [-0.2, -0.15) is 5.10 Å². The van der Waals surface area contributed by atoms with E-state index in [2.05, 4.69) is 15.1 Å². The number of nitrogens with zero attached hydrogens (tertiary/aromatic N) is 4. The number of halogens is 3. The summed E-state index contributed by atoms with van der Waals surface area (Å²) in [5.41, 5.74) is 0.783. The summed E-state index contributed by atoms with van der Waals surface area (Å²) in [5.74, 6) is -0.822. The molecule has 0 saturated carbocycles. The van der Waals surface area contributed by atoms with Gasteiger partial charge < -0.3 is 0 Å². The zero-order valence-corrected chi connectivity index (χ0v) is 11.7. The van der Waals surface area contributed by atoms with Crippen molar-refractivity contribution in [2.24, 2.45) is 0 Å². The van der Waals surface area contributed by atoms with Crippen molar-refractivity contribution in [3.63, 3.8) is 0 Å². The first-order chi connectivity index (χ1) is 9.15. The number of rotatable bonds is 2. The molecule has 3 heterocycles. The molecule has 0 fully saturated rings. The van der Waals surface area contributed by atoms with Crippen molar-refractivity contribution < 1.29 is 8.78 Å². The van der Waals surface area contributed by atoms with Crippen molar-refractivity contribution in [3.8, 4) is 0 Å². The highest BCUT2D eigenvalue weighted by Gasteiger charge is 2.13. The van der Waals surface area contributed by atoms with Crippen LogP contribution in [-0.2, 0) is 6.54 Å². The summed E-state index contributed by atoms with van der Waals surface area (Å²) in [5, 5.41) is 4.84. The van der Waals surface area contributed by atoms with E-state index in [0.29, 0.717) is 14.7 Å². The molecule has 4 nitrogen and oxygen atoms in total. The molecule has 0 aliphatic carbocycles. The first kappa shape index (κ1) is 12.4. The van der Waals surface area contributed by atoms with E-state index < -0.39 is 11.6 Å². The Bertz CT molecular complexity index is 757. The molecule has 96 valence electrons. The molecule has 0 amide bonds. The molecule has 3 aromatic rings. The standard InChI is InChI=1S/C12H7F2IN4/c13-7-4-8-11(15)18-19(12(8)17-5-7)6-10-9(14)2-1-3-16-10/h1-5H,6H2. The maximum atomic E-state index is 13.6. The first-order valence-corrected chi connectivity index (χ1v) is 6.50. The quantitative estimate of drug-likeness (QED) is 0.650. The number of aromatic nitrogens is 4. The predicted molar refractivity (Wildman–Crippen MR) is 73.5 cm³/mol. The van der Waals surface area contributed by atoms with Crippen LogP contribution in [0.4, 0.5) is 8.78 Å². The SMILES string of the molecule is Fc1cnc2c(c1)c(I)nn2Cc1ncccc1F. The summed E-state index contributed by atoms with van der Waals surface area (Å²) in [7, 11) is 0. The molecule has 3 rings (SSSR count). The Labute approximate surface area is 120 Å². The van der Waals surface area contributed by atoms with Gasteiger partial charge in [0.15, 0.2) is 5.65 Å². The Morgan fingerprint density at radius 3 is 2.89 bits per heavy atom. The smallest absolute Gasteiger partial charge is 0.159 e. The Morgan fingerprint density at radius 2 is 2.11 bits per heavy atom. The fourth-order valence-corrected chi connectivity index (χ4v) is 2.44. The second kappa shape index (κ2) is 4.80. The largest absolute Gasteiger partial charge is 0.256 e. The van der Waals surface area contributed by atoms with Gasteiger partial charge in [-0.3, -0.25) is 4.98 Å². The zero-order chi connectivity index (χ0) is 13.4. The Kier molecular flexibility index (Phi) is 3.13. The summed E-state index contributed by atoms with van der Waals surface area (Å²) in [6, 6.07) is 4.23. The minimum Gasteiger partial charge on any atom is -0.256 e. The van der Waals surface area contributed by atoms with Gasteiger partial charge in [0.2, 0.25) is 0 Å². The lowest BCUT2D eigenvalue weighted by molar-refractivity contribution is 0.573. The molecule has 19 heavy (non-hydrogen) atoms. The summed E-state index contributed by atoms with van der Waals surface area (Å²) in [6.45, 7) is 0.158. The van der Waals surface area contributed by atoms with Gasteiger partial charge in [-0.25, -0.2) is 18.4 Å². The van der Waals surface area contributed by atoms with E-state index in [1.54, 1.807) is 0 Å². The molecular formula is C12H7F2IN4. The summed E-state index contributed by atoms with van der Waals surface area (Å²) in [4.78, 5) is 7.96. The van der Waals surface area contributed by atoms with Crippen molar-refractivity contribution in [2.75, 3.05) is 0 Å². The fourth-order valence-electron chi connectivity index (χ4n) is 1.78. The van der Waals surface area contributed by atoms with Crippen LogP contribution >= 0.6 is 22.6 Å². The molecule has 0 N–H and O–H groups in total. The van der Waals surface area contributed by atoms with Gasteiger partial charge in [0, 0.05) is 6.20 Å². The molecule has 0 bridgehead atoms. The lowest BCUT2D eigenvalue weighted by Crippen LogP contribution is -2.06. The third-order valence-corrected chi connectivity index (χ3v) is 3.44. The van der Waals surface area contributed by atoms with E-state index in [1.807, 2.05) is 22.6 Å². The Hall–Kier alpha value is -1.64. The summed E-state index contributed by atoms with van der Waals surface area (Å²) >= 11 is 1.99. The van der Waals surface area contributed by atoms with Crippen molar-refractivity contribution in [2.45, 2.75) is 6.54 Å². The van der Waals surface area contributed by atoms with Gasteiger partial charge in [0.25, 0.3) is 0 Å². The van der Waals surface area contributed by atoms with Crippen molar-refractivity contribution in [1.29, 1.82) is 0 Å². The third-order valence-electron chi connectivity index (χ3n) is 2.64. The second-order valence-corrected chi connectivity index (χ2v) is 4.93. The number of pyridine rings is 2. The highest BCUT2D eigenvalue weighted by Crippen LogP contribution is 2.20. The van der Waals surface area contributed by atoms with Crippen molar-refractivity contribution in [1.82, 2.24) is 19.7 Å². The normalized spacial score (nSPS) is 11.1. The van der Waals surface area contributed by atoms with E-state index in [9.17, 15) is 8.78 Å². The summed E-state index contributed by atoms with van der Waals surface area (Å²) in [6.07, 6.45) is 2.63. The van der Waals surface area contributed by atoms with Crippen LogP contribution in [0.2, 0.25) is 0 Å². The minimum atomic E-state index is -0.422. The summed E-state index contributed by atoms with van der Waals surface area (Å²) < 4.78 is 28.8. The van der Waals surface area contributed by atoms with Crippen LogP contribution in [0.3, 0.4) is 0 Å². The average molecular weight is 372 g/mol. The van der Waals surface area contributed by atoms with E-state index in [0.717, 1.165) is 6.20 Å². The van der Waals surface area contributed by atoms with E-state index in [-0.39, 0.29) is 12.2 Å². The number of fused-ring (bicyclic) bond motifs is 1. The maximum absolute atomic E-state index is 13.6. The number of hydrogen-bond acceptors (Lipinski definition) is 3. The van der Waals surface area contributed by atoms with Gasteiger partial charge in [0.05, 0.1) is 23.8 Å². The third kappa shape index (κ3) is 2.29. The highest BCUT2D eigenvalue weighted by atomic mass is 127. The topological polar surface area (TPSA) is 43.6 Å². The molecule has 0 radical (unpaired) electrons. The van der Waals surface area contributed by atoms with Crippen LogP contribution in [0.15, 0.2) is 30.6 Å². The van der Waals surface area contributed by atoms with Crippen molar-refractivity contribution >= 4 is 33.6 Å². The number of hydrogen-bond donors (Lipinski definition) is 0. The molecule has 0 saturated heterocycles. The van der Waals surface area contributed by atoms with E-state index in [4.69, 9.17) is 0 Å². The predicted octanol–water partition coefficient (Wildman–Crippen LogP) is 2.76. The molecular weight excluding hydrogens is 365 g/mol. The molecule has 0 unspecified atom stereocenters. The van der Waals surface area contributed by atoms with E-state index in [1.165, 1.54) is 29.1 Å². The molecule has 7 heteroatoms. The van der Waals surface area contributed by atoms with Gasteiger partial charge in [-0.15, -0.1) is 0 Å². The molecule has 0 atom stereocenters. The molecule has 0 aliphatic heterocycles. The van der Waals surface area contributed by atoms with Crippen LogP contribution in [0.1, 0.15) is 5.69 Å². The van der Waals surface area contributed by atoms with Crippen LogP contribution in [-0.4, -0.2) is 19.7 Å². The minimum absolute atomic E-state index is 0.158. The maximum Gasteiger partial charge on any atom is 0.159 e. The van der Waals surface area contributed by atoms with Gasteiger partial charge >= 0.3 is 0 Å². The molecule has 0 aliphatic rings. The zero-order valence-electron chi connectivity index (χ0n) is 9.52. The van der Waals surface area contributed by atoms with Crippen LogP contribution in [0, 0.1) is 15.3 Å². The first-order valence-electron chi connectivity index (χ1n) is 5.42. The second-order valence-electron chi connectivity index (χ2n) is 3.91. The van der Waals surface area contributed by atoms with E-state index >= 15 is 0 Å². The van der Waals surface area contributed by atoms with Crippen LogP contribution in [0.25, 0.3) is 11.0 Å².